The number of carbonyl (C=O) groups is 3. The van der Waals surface area contributed by atoms with E-state index < -0.39 is 17.8 Å². The van der Waals surface area contributed by atoms with Crippen molar-refractivity contribution in [1.82, 2.24) is 15.1 Å². The maximum atomic E-state index is 13.0. The Morgan fingerprint density at radius 2 is 1.65 bits per heavy atom. The summed E-state index contributed by atoms with van der Waals surface area (Å²) in [6.07, 6.45) is -1.13. The number of amidine groups is 1. The number of piperazine rings is 1. The van der Waals surface area contributed by atoms with Crippen LogP contribution in [0.4, 0.5) is 9.59 Å². The highest BCUT2D eigenvalue weighted by Gasteiger charge is 2.29. The molecule has 1 aliphatic heterocycles. The van der Waals surface area contributed by atoms with Crippen LogP contribution in [0, 0.1) is 5.41 Å². The van der Waals surface area contributed by atoms with Gasteiger partial charge in [0.15, 0.2) is 5.76 Å². The number of hydrogen-bond acceptors (Lipinski definition) is 7. The molecule has 0 saturated carbocycles. The number of hydrogen-bond donors (Lipinski definition) is 2. The lowest BCUT2D eigenvalue weighted by Gasteiger charge is -2.35. The Bertz CT molecular complexity index is 1300. The summed E-state index contributed by atoms with van der Waals surface area (Å²) in [4.78, 5) is 40.6. The second-order valence-corrected chi connectivity index (χ2v) is 9.68. The van der Waals surface area contributed by atoms with Crippen LogP contribution in [0.5, 0.6) is 0 Å². The number of alkyl carbamates (subject to hydrolysis) is 1. The predicted molar refractivity (Wildman–Crippen MR) is 137 cm³/mol. The average Bonchev–Trinajstić information content (AvgIpc) is 3.30. The van der Waals surface area contributed by atoms with Crippen LogP contribution in [0.15, 0.2) is 59.0 Å². The summed E-state index contributed by atoms with van der Waals surface area (Å²) in [5, 5.41) is 11.3. The lowest BCUT2D eigenvalue weighted by Crippen LogP contribution is -2.51. The standard InChI is InChI=1S/C27H30N4O6/c1-27(2,3)37-26(34)31-13-11-30(12-14-31)24(32)22-16-20-15-19(9-10-21(20)36-22)23(28)29-25(33)35-17-18-7-5-4-6-8-18/h4-10,15-16H,11-14,17H2,1-3H3,(H2,28,29,33). The van der Waals surface area contributed by atoms with Crippen LogP contribution in [-0.2, 0) is 16.1 Å². The van der Waals surface area contributed by atoms with Crippen molar-refractivity contribution < 1.29 is 28.3 Å². The highest BCUT2D eigenvalue weighted by atomic mass is 16.6. The largest absolute Gasteiger partial charge is 0.451 e. The van der Waals surface area contributed by atoms with Crippen LogP contribution in [0.2, 0.25) is 0 Å². The van der Waals surface area contributed by atoms with E-state index in [1.54, 1.807) is 34.1 Å². The molecule has 0 unspecified atom stereocenters. The van der Waals surface area contributed by atoms with E-state index in [1.165, 1.54) is 0 Å². The first-order chi connectivity index (χ1) is 17.6. The molecule has 1 aliphatic rings. The molecule has 2 heterocycles. The first-order valence-corrected chi connectivity index (χ1v) is 12.0. The molecule has 10 heteroatoms. The van der Waals surface area contributed by atoms with Gasteiger partial charge in [0.2, 0.25) is 0 Å². The summed E-state index contributed by atoms with van der Waals surface area (Å²) in [7, 11) is 0. The molecule has 4 rings (SSSR count). The van der Waals surface area contributed by atoms with E-state index in [2.05, 4.69) is 5.32 Å². The molecule has 10 nitrogen and oxygen atoms in total. The average molecular weight is 507 g/mol. The fourth-order valence-electron chi connectivity index (χ4n) is 3.81. The topological polar surface area (TPSA) is 125 Å². The number of carbonyl (C=O) groups excluding carboxylic acids is 3. The summed E-state index contributed by atoms with van der Waals surface area (Å²) in [5.41, 5.74) is 1.19. The van der Waals surface area contributed by atoms with Crippen molar-refractivity contribution in [3.63, 3.8) is 0 Å². The Labute approximate surface area is 214 Å². The van der Waals surface area contributed by atoms with Crippen molar-refractivity contribution >= 4 is 34.9 Å². The fourth-order valence-corrected chi connectivity index (χ4v) is 3.81. The molecule has 0 aliphatic carbocycles. The molecule has 194 valence electrons. The summed E-state index contributed by atoms with van der Waals surface area (Å²) in [6, 6.07) is 15.8. The third-order valence-corrected chi connectivity index (χ3v) is 5.67. The zero-order chi connectivity index (χ0) is 26.6. The van der Waals surface area contributed by atoms with Gasteiger partial charge in [-0.05, 0) is 50.6 Å². The summed E-state index contributed by atoms with van der Waals surface area (Å²) in [5.74, 6) is -0.244. The van der Waals surface area contributed by atoms with Crippen molar-refractivity contribution in [2.45, 2.75) is 33.0 Å². The maximum Gasteiger partial charge on any atom is 0.413 e. The van der Waals surface area contributed by atoms with Crippen LogP contribution in [0.25, 0.3) is 11.0 Å². The van der Waals surface area contributed by atoms with Gasteiger partial charge in [-0.1, -0.05) is 30.3 Å². The molecule has 1 saturated heterocycles. The maximum absolute atomic E-state index is 13.0. The quantitative estimate of drug-likeness (QED) is 0.400. The van der Waals surface area contributed by atoms with E-state index >= 15 is 0 Å². The Kier molecular flexibility index (Phi) is 7.47. The molecule has 2 aromatic carbocycles. The minimum absolute atomic E-state index is 0.0955. The molecule has 0 spiro atoms. The van der Waals surface area contributed by atoms with Crippen molar-refractivity contribution in [2.75, 3.05) is 26.2 Å². The molecule has 2 N–H and O–H groups in total. The van der Waals surface area contributed by atoms with Gasteiger partial charge in [0, 0.05) is 37.1 Å². The highest BCUT2D eigenvalue weighted by Crippen LogP contribution is 2.23. The van der Waals surface area contributed by atoms with Gasteiger partial charge in [-0.25, -0.2) is 9.59 Å². The number of fused-ring (bicyclic) bond motifs is 1. The second kappa shape index (κ2) is 10.7. The van der Waals surface area contributed by atoms with E-state index in [0.29, 0.717) is 42.7 Å². The van der Waals surface area contributed by atoms with Gasteiger partial charge in [0.1, 0.15) is 23.6 Å². The summed E-state index contributed by atoms with van der Waals surface area (Å²) < 4.78 is 16.3. The smallest absolute Gasteiger partial charge is 0.413 e. The Morgan fingerprint density at radius 1 is 0.973 bits per heavy atom. The van der Waals surface area contributed by atoms with Crippen molar-refractivity contribution in [1.29, 1.82) is 5.41 Å². The number of furan rings is 1. The molecule has 0 atom stereocenters. The van der Waals surface area contributed by atoms with E-state index in [9.17, 15) is 14.4 Å². The van der Waals surface area contributed by atoms with Crippen LogP contribution in [0.3, 0.4) is 0 Å². The van der Waals surface area contributed by atoms with Crippen LogP contribution in [-0.4, -0.2) is 65.5 Å². The predicted octanol–water partition coefficient (Wildman–Crippen LogP) is 4.38. The van der Waals surface area contributed by atoms with Gasteiger partial charge in [0.25, 0.3) is 5.91 Å². The zero-order valence-corrected chi connectivity index (χ0v) is 21.1. The SMILES string of the molecule is CC(C)(C)OC(=O)N1CCN(C(=O)c2cc3cc(C(=N)NC(=O)OCc4ccccc4)ccc3o2)CC1. The van der Waals surface area contributed by atoms with Crippen LogP contribution < -0.4 is 5.32 Å². The zero-order valence-electron chi connectivity index (χ0n) is 21.1. The number of rotatable bonds is 4. The third-order valence-electron chi connectivity index (χ3n) is 5.67. The third kappa shape index (κ3) is 6.66. The van der Waals surface area contributed by atoms with Gasteiger partial charge in [0.05, 0.1) is 0 Å². The first-order valence-electron chi connectivity index (χ1n) is 12.0. The van der Waals surface area contributed by atoms with Crippen molar-refractivity contribution in [3.05, 3.63) is 71.5 Å². The van der Waals surface area contributed by atoms with E-state index in [-0.39, 0.29) is 24.1 Å². The van der Waals surface area contributed by atoms with Gasteiger partial charge >= 0.3 is 12.2 Å². The Morgan fingerprint density at radius 3 is 2.32 bits per heavy atom. The van der Waals surface area contributed by atoms with Crippen molar-refractivity contribution in [2.24, 2.45) is 0 Å². The highest BCUT2D eigenvalue weighted by molar-refractivity contribution is 6.06. The van der Waals surface area contributed by atoms with E-state index in [0.717, 1.165) is 5.56 Å². The van der Waals surface area contributed by atoms with Gasteiger partial charge in [-0.3, -0.25) is 15.5 Å². The molecule has 1 aromatic heterocycles. The number of amides is 3. The minimum atomic E-state index is -0.734. The number of nitrogens with zero attached hydrogens (tertiary/aromatic N) is 2. The van der Waals surface area contributed by atoms with E-state index in [1.807, 2.05) is 51.1 Å². The Hall–Kier alpha value is -4.34. The molecule has 3 aromatic rings. The first kappa shape index (κ1) is 25.7. The number of nitrogens with one attached hydrogen (secondary N) is 2. The molecule has 37 heavy (non-hydrogen) atoms. The summed E-state index contributed by atoms with van der Waals surface area (Å²) >= 11 is 0. The molecular weight excluding hydrogens is 476 g/mol. The molecule has 3 amide bonds. The number of ether oxygens (including phenoxy) is 2. The molecule has 0 radical (unpaired) electrons. The van der Waals surface area contributed by atoms with Crippen molar-refractivity contribution in [3.8, 4) is 0 Å². The molecule has 1 fully saturated rings. The van der Waals surface area contributed by atoms with Gasteiger partial charge in [-0.15, -0.1) is 0 Å². The lowest BCUT2D eigenvalue weighted by atomic mass is 10.1. The normalized spacial score (nSPS) is 13.8. The van der Waals surface area contributed by atoms with Gasteiger partial charge in [-0.2, -0.15) is 0 Å². The number of benzene rings is 2. The fraction of sp³-hybridized carbons (Fsp3) is 0.333. The molecule has 0 bridgehead atoms. The summed E-state index contributed by atoms with van der Waals surface area (Å²) in [6.45, 7) is 6.99. The molecular formula is C27H30N4O6. The second-order valence-electron chi connectivity index (χ2n) is 9.68. The monoisotopic (exact) mass is 506 g/mol. The van der Waals surface area contributed by atoms with E-state index in [4.69, 9.17) is 19.3 Å². The van der Waals surface area contributed by atoms with Crippen LogP contribution in [0.1, 0.15) is 42.5 Å². The van der Waals surface area contributed by atoms with Gasteiger partial charge < -0.3 is 23.7 Å². The van der Waals surface area contributed by atoms with Crippen LogP contribution >= 0.6 is 0 Å². The Balaban J connectivity index is 1.34. The lowest BCUT2D eigenvalue weighted by molar-refractivity contribution is 0.0137. The minimum Gasteiger partial charge on any atom is -0.451 e.